The van der Waals surface area contributed by atoms with Crippen LogP contribution in [0.15, 0.2) is 206 Å². The molecule has 11 rings (SSSR count). The van der Waals surface area contributed by atoms with Crippen molar-refractivity contribution in [1.82, 2.24) is 4.57 Å². The average Bonchev–Trinajstić information content (AvgIpc) is 3.68. The molecule has 0 N–H and O–H groups in total. The van der Waals surface area contributed by atoms with Gasteiger partial charge in [0, 0.05) is 33.3 Å². The Morgan fingerprint density at radius 2 is 1.09 bits per heavy atom. The lowest BCUT2D eigenvalue weighted by Crippen LogP contribution is -2.15. The van der Waals surface area contributed by atoms with Crippen molar-refractivity contribution in [1.29, 1.82) is 0 Å². The maximum absolute atomic E-state index is 2.54. The van der Waals surface area contributed by atoms with Gasteiger partial charge >= 0.3 is 0 Å². The first kappa shape index (κ1) is 39.7. The third-order valence-electron chi connectivity index (χ3n) is 13.7. The van der Waals surface area contributed by atoms with Crippen molar-refractivity contribution < 1.29 is 0 Å². The van der Waals surface area contributed by atoms with Gasteiger partial charge in [0.25, 0.3) is 0 Å². The first-order valence-corrected chi connectivity index (χ1v) is 23.2. The number of anilines is 3. The summed E-state index contributed by atoms with van der Waals surface area (Å²) in [5.41, 5.74) is 17.1. The second-order valence-electron chi connectivity index (χ2n) is 18.8. The molecule has 64 heavy (non-hydrogen) atoms. The molecule has 0 unspecified atom stereocenters. The molecule has 0 bridgehead atoms. The van der Waals surface area contributed by atoms with E-state index in [0.29, 0.717) is 5.92 Å². The third-order valence-corrected chi connectivity index (χ3v) is 13.7. The molecule has 312 valence electrons. The van der Waals surface area contributed by atoms with Crippen molar-refractivity contribution in [3.8, 4) is 39.1 Å². The Kier molecular flexibility index (Phi) is 10.2. The molecule has 1 saturated carbocycles. The number of benzene rings is 9. The highest BCUT2D eigenvalue weighted by Crippen LogP contribution is 2.49. The zero-order valence-corrected chi connectivity index (χ0v) is 37.1. The monoisotopic (exact) mass is 826 g/mol. The SMILES string of the molecule is CC(C)(C)c1ccc(N(c2cccc(-c3ccc4c5ccccc5n(-c5ccccc5)c4c3)c2)c2ccccc2-c2cccc3cccc(C4CCCCC4)c23)c(-c2ccccc2)c1. The van der Waals surface area contributed by atoms with E-state index in [2.05, 4.69) is 236 Å². The van der Waals surface area contributed by atoms with Crippen LogP contribution in [0.1, 0.15) is 69.9 Å². The van der Waals surface area contributed by atoms with E-state index < -0.39 is 0 Å². The van der Waals surface area contributed by atoms with Crippen molar-refractivity contribution in [2.75, 3.05) is 4.90 Å². The summed E-state index contributed by atoms with van der Waals surface area (Å²) in [5, 5.41) is 5.22. The van der Waals surface area contributed by atoms with Gasteiger partial charge in [0.2, 0.25) is 0 Å². The van der Waals surface area contributed by atoms with Crippen molar-refractivity contribution in [2.24, 2.45) is 0 Å². The van der Waals surface area contributed by atoms with E-state index in [1.165, 1.54) is 109 Å². The van der Waals surface area contributed by atoms with Gasteiger partial charge in [-0.3, -0.25) is 0 Å². The van der Waals surface area contributed by atoms with E-state index in [4.69, 9.17) is 0 Å². The van der Waals surface area contributed by atoms with Crippen LogP contribution in [0.25, 0.3) is 71.6 Å². The fourth-order valence-corrected chi connectivity index (χ4v) is 10.5. The fourth-order valence-electron chi connectivity index (χ4n) is 10.5. The molecular formula is C62H54N2. The lowest BCUT2D eigenvalue weighted by atomic mass is 9.80. The number of hydrogen-bond donors (Lipinski definition) is 0. The maximum Gasteiger partial charge on any atom is 0.0547 e. The second-order valence-corrected chi connectivity index (χ2v) is 18.8. The molecule has 9 aromatic carbocycles. The fraction of sp³-hybridized carbons (Fsp3) is 0.161. The van der Waals surface area contributed by atoms with E-state index in [0.717, 1.165) is 22.7 Å². The maximum atomic E-state index is 2.54. The van der Waals surface area contributed by atoms with Crippen molar-refractivity contribution in [3.05, 3.63) is 217 Å². The normalized spacial score (nSPS) is 13.5. The minimum absolute atomic E-state index is 0.0238. The van der Waals surface area contributed by atoms with Crippen LogP contribution in [0, 0.1) is 0 Å². The van der Waals surface area contributed by atoms with E-state index in [1.54, 1.807) is 0 Å². The van der Waals surface area contributed by atoms with Crippen molar-refractivity contribution in [3.63, 3.8) is 0 Å². The summed E-state index contributed by atoms with van der Waals surface area (Å²) in [5.74, 6) is 0.575. The first-order valence-electron chi connectivity index (χ1n) is 23.2. The number of fused-ring (bicyclic) bond motifs is 4. The standard InChI is InChI=1S/C62H54N2/c1-62(2,3)48-37-39-59(56(42-48)44-22-9-5-10-23-44)64(58-35-16-14-31-53(58)55-33-19-25-45-24-18-32-51(61(45)55)43-20-7-4-8-21-43)50-29-17-26-46(40-50)47-36-38-54-52-30-13-15-34-57(52)63(60(54)41-47)49-27-11-6-12-28-49/h5-6,9-19,22-43H,4,7-8,20-21H2,1-3H3. The van der Waals surface area contributed by atoms with Crippen LogP contribution in [0.2, 0.25) is 0 Å². The topological polar surface area (TPSA) is 8.17 Å². The first-order chi connectivity index (χ1) is 31.4. The molecule has 2 nitrogen and oxygen atoms in total. The van der Waals surface area contributed by atoms with Crippen LogP contribution in [0.4, 0.5) is 17.1 Å². The third kappa shape index (κ3) is 7.18. The van der Waals surface area contributed by atoms with Gasteiger partial charge in [-0.15, -0.1) is 0 Å². The Hall–Kier alpha value is -7.16. The smallest absolute Gasteiger partial charge is 0.0547 e. The van der Waals surface area contributed by atoms with E-state index in [1.807, 2.05) is 0 Å². The van der Waals surface area contributed by atoms with Crippen LogP contribution < -0.4 is 4.90 Å². The summed E-state index contributed by atoms with van der Waals surface area (Å²) >= 11 is 0. The van der Waals surface area contributed by atoms with Gasteiger partial charge in [0.15, 0.2) is 0 Å². The summed E-state index contributed by atoms with van der Waals surface area (Å²) in [4.78, 5) is 2.54. The van der Waals surface area contributed by atoms with Crippen LogP contribution in [-0.4, -0.2) is 4.57 Å². The van der Waals surface area contributed by atoms with Crippen LogP contribution in [0.5, 0.6) is 0 Å². The Morgan fingerprint density at radius 1 is 0.453 bits per heavy atom. The highest BCUT2D eigenvalue weighted by atomic mass is 15.1. The van der Waals surface area contributed by atoms with Gasteiger partial charge < -0.3 is 9.47 Å². The van der Waals surface area contributed by atoms with Crippen LogP contribution in [-0.2, 0) is 5.41 Å². The van der Waals surface area contributed by atoms with Crippen molar-refractivity contribution in [2.45, 2.75) is 64.2 Å². The predicted octanol–water partition coefficient (Wildman–Crippen LogP) is 17.8. The quantitative estimate of drug-likeness (QED) is 0.148. The van der Waals surface area contributed by atoms with Gasteiger partial charge in [-0.05, 0) is 123 Å². The number of hydrogen-bond acceptors (Lipinski definition) is 1. The lowest BCUT2D eigenvalue weighted by Gasteiger charge is -2.32. The Balaban J connectivity index is 1.15. The summed E-state index contributed by atoms with van der Waals surface area (Å²) < 4.78 is 2.41. The van der Waals surface area contributed by atoms with E-state index >= 15 is 0 Å². The van der Waals surface area contributed by atoms with Gasteiger partial charge in [-0.25, -0.2) is 0 Å². The zero-order chi connectivity index (χ0) is 43.2. The Morgan fingerprint density at radius 3 is 1.91 bits per heavy atom. The van der Waals surface area contributed by atoms with Gasteiger partial charge in [0.1, 0.15) is 0 Å². The molecule has 2 heteroatoms. The molecule has 1 aliphatic rings. The molecule has 0 atom stereocenters. The van der Waals surface area contributed by atoms with E-state index in [-0.39, 0.29) is 5.41 Å². The van der Waals surface area contributed by atoms with Gasteiger partial charge in [-0.1, -0.05) is 192 Å². The molecule has 1 aliphatic carbocycles. The predicted molar refractivity (Wildman–Crippen MR) is 274 cm³/mol. The summed E-state index contributed by atoms with van der Waals surface area (Å²) in [6.45, 7) is 6.93. The largest absolute Gasteiger partial charge is 0.309 e. The summed E-state index contributed by atoms with van der Waals surface area (Å²) in [6, 6.07) is 76.9. The second kappa shape index (κ2) is 16.5. The number of rotatable bonds is 8. The minimum atomic E-state index is -0.0238. The van der Waals surface area contributed by atoms with Crippen LogP contribution >= 0.6 is 0 Å². The molecule has 0 spiro atoms. The highest BCUT2D eigenvalue weighted by Gasteiger charge is 2.26. The zero-order valence-electron chi connectivity index (χ0n) is 37.1. The molecule has 1 aromatic heterocycles. The van der Waals surface area contributed by atoms with E-state index in [9.17, 15) is 0 Å². The summed E-state index contributed by atoms with van der Waals surface area (Å²) in [7, 11) is 0. The number of para-hydroxylation sites is 3. The molecule has 0 saturated heterocycles. The van der Waals surface area contributed by atoms with Gasteiger partial charge in [0.05, 0.1) is 22.4 Å². The molecule has 0 amide bonds. The molecule has 0 aliphatic heterocycles. The average molecular weight is 827 g/mol. The Labute approximate surface area is 378 Å². The number of nitrogens with zero attached hydrogens (tertiary/aromatic N) is 2. The van der Waals surface area contributed by atoms with Crippen LogP contribution in [0.3, 0.4) is 0 Å². The number of aromatic nitrogens is 1. The van der Waals surface area contributed by atoms with Crippen molar-refractivity contribution >= 4 is 49.6 Å². The molecule has 10 aromatic rings. The minimum Gasteiger partial charge on any atom is -0.309 e. The molecule has 1 fully saturated rings. The Bertz CT molecular complexity index is 3280. The molecule has 1 heterocycles. The summed E-state index contributed by atoms with van der Waals surface area (Å²) in [6.07, 6.45) is 6.46. The lowest BCUT2D eigenvalue weighted by molar-refractivity contribution is 0.445. The highest BCUT2D eigenvalue weighted by molar-refractivity contribution is 6.10. The van der Waals surface area contributed by atoms with Gasteiger partial charge in [-0.2, -0.15) is 0 Å². The molecular weight excluding hydrogens is 773 g/mol. The molecule has 0 radical (unpaired) electrons.